The molecule has 3 heterocycles. The molecule has 0 radical (unpaired) electrons. The topological polar surface area (TPSA) is 85.7 Å². The number of fused-ring (bicyclic) bond motifs is 1. The standard InChI is InChI=1S/C18H20N4O4/c1-21-8-7-19-17(21)16-12(4-6-15(23)22(16)2)20-18(24)11-3-5-13-14(9-11)26-10-25-13/h3,5,7-9,12,16H,4,6,10H2,1-2H3,(H,20,24)/t12-,16-/m1/s1. The molecule has 26 heavy (non-hydrogen) atoms. The Morgan fingerprint density at radius 3 is 2.85 bits per heavy atom. The van der Waals surface area contributed by atoms with E-state index in [4.69, 9.17) is 9.47 Å². The quantitative estimate of drug-likeness (QED) is 0.894. The molecule has 0 saturated carbocycles. The summed E-state index contributed by atoms with van der Waals surface area (Å²) in [5.41, 5.74) is 0.493. The first-order chi connectivity index (χ1) is 12.5. The highest BCUT2D eigenvalue weighted by Crippen LogP contribution is 2.33. The van der Waals surface area contributed by atoms with E-state index in [9.17, 15) is 9.59 Å². The normalized spacial score (nSPS) is 21.8. The highest BCUT2D eigenvalue weighted by atomic mass is 16.7. The van der Waals surface area contributed by atoms with Gasteiger partial charge in [0, 0.05) is 38.5 Å². The molecule has 1 fully saturated rings. The van der Waals surface area contributed by atoms with Gasteiger partial charge in [-0.2, -0.15) is 0 Å². The smallest absolute Gasteiger partial charge is 0.251 e. The number of aromatic nitrogens is 2. The van der Waals surface area contributed by atoms with Crippen molar-refractivity contribution in [3.05, 3.63) is 42.0 Å². The Morgan fingerprint density at radius 2 is 2.08 bits per heavy atom. The number of amides is 2. The molecule has 0 bridgehead atoms. The first-order valence-electron chi connectivity index (χ1n) is 8.48. The van der Waals surface area contributed by atoms with Gasteiger partial charge in [-0.3, -0.25) is 9.59 Å². The molecule has 8 nitrogen and oxygen atoms in total. The highest BCUT2D eigenvalue weighted by molar-refractivity contribution is 5.95. The van der Waals surface area contributed by atoms with Gasteiger partial charge in [-0.15, -0.1) is 0 Å². The zero-order chi connectivity index (χ0) is 18.3. The molecular weight excluding hydrogens is 336 g/mol. The van der Waals surface area contributed by atoms with Crippen LogP contribution in [0.1, 0.15) is 35.1 Å². The number of aryl methyl sites for hydroxylation is 1. The summed E-state index contributed by atoms with van der Waals surface area (Å²) in [5, 5.41) is 3.06. The van der Waals surface area contributed by atoms with Gasteiger partial charge in [0.1, 0.15) is 11.9 Å². The molecule has 2 amide bonds. The average Bonchev–Trinajstić information content (AvgIpc) is 3.26. The van der Waals surface area contributed by atoms with Gasteiger partial charge in [-0.05, 0) is 24.6 Å². The molecule has 1 aromatic heterocycles. The van der Waals surface area contributed by atoms with Crippen molar-refractivity contribution in [1.82, 2.24) is 19.8 Å². The SMILES string of the molecule is CN1C(=O)CC[C@@H](NC(=O)c2ccc3c(c2)OCO3)[C@@H]1c1nccn1C. The lowest BCUT2D eigenvalue weighted by Crippen LogP contribution is -2.51. The average molecular weight is 356 g/mol. The first-order valence-corrected chi connectivity index (χ1v) is 8.48. The van der Waals surface area contributed by atoms with Gasteiger partial charge in [-0.25, -0.2) is 4.98 Å². The highest BCUT2D eigenvalue weighted by Gasteiger charge is 2.38. The van der Waals surface area contributed by atoms with Gasteiger partial charge in [0.05, 0.1) is 6.04 Å². The number of imidazole rings is 1. The first kappa shape index (κ1) is 16.4. The Kier molecular flexibility index (Phi) is 4.02. The van der Waals surface area contributed by atoms with E-state index in [1.165, 1.54) is 0 Å². The fraction of sp³-hybridized carbons (Fsp3) is 0.389. The minimum Gasteiger partial charge on any atom is -0.454 e. The van der Waals surface area contributed by atoms with Gasteiger partial charge >= 0.3 is 0 Å². The second kappa shape index (κ2) is 6.36. The summed E-state index contributed by atoms with van der Waals surface area (Å²) in [6.45, 7) is 0.164. The third-order valence-corrected chi connectivity index (χ3v) is 4.94. The molecule has 1 N–H and O–H groups in total. The number of rotatable bonds is 3. The maximum Gasteiger partial charge on any atom is 0.251 e. The van der Waals surface area contributed by atoms with Crippen LogP contribution in [-0.2, 0) is 11.8 Å². The molecule has 136 valence electrons. The van der Waals surface area contributed by atoms with Crippen molar-refractivity contribution in [3.63, 3.8) is 0 Å². The predicted octanol–water partition coefficient (Wildman–Crippen LogP) is 1.24. The molecule has 8 heteroatoms. The van der Waals surface area contributed by atoms with E-state index in [0.717, 1.165) is 5.82 Å². The van der Waals surface area contributed by atoms with E-state index in [-0.39, 0.29) is 30.7 Å². The minimum atomic E-state index is -0.311. The molecule has 0 spiro atoms. The van der Waals surface area contributed by atoms with Crippen LogP contribution in [0.25, 0.3) is 0 Å². The fourth-order valence-corrected chi connectivity index (χ4v) is 3.49. The van der Waals surface area contributed by atoms with Crippen molar-refractivity contribution in [2.24, 2.45) is 7.05 Å². The van der Waals surface area contributed by atoms with Gasteiger partial charge in [0.25, 0.3) is 5.91 Å². The number of carbonyl (C=O) groups excluding carboxylic acids is 2. The van der Waals surface area contributed by atoms with Crippen LogP contribution in [0, 0.1) is 0 Å². The number of nitrogens with zero attached hydrogens (tertiary/aromatic N) is 3. The van der Waals surface area contributed by atoms with E-state index in [1.54, 1.807) is 36.3 Å². The number of piperidine rings is 1. The Labute approximate surface area is 150 Å². The number of nitrogens with one attached hydrogen (secondary N) is 1. The van der Waals surface area contributed by atoms with Crippen LogP contribution >= 0.6 is 0 Å². The number of benzene rings is 1. The number of hydrogen-bond acceptors (Lipinski definition) is 5. The van der Waals surface area contributed by atoms with Crippen LogP contribution in [-0.4, -0.2) is 46.1 Å². The van der Waals surface area contributed by atoms with Gasteiger partial charge in [0.2, 0.25) is 12.7 Å². The van der Waals surface area contributed by atoms with Gasteiger partial charge in [-0.1, -0.05) is 0 Å². The van der Waals surface area contributed by atoms with Crippen molar-refractivity contribution in [1.29, 1.82) is 0 Å². The molecule has 2 aromatic rings. The van der Waals surface area contributed by atoms with Crippen molar-refractivity contribution in [2.45, 2.75) is 24.9 Å². The summed E-state index contributed by atoms with van der Waals surface area (Å²) in [6.07, 6.45) is 4.48. The monoisotopic (exact) mass is 356 g/mol. The van der Waals surface area contributed by atoms with E-state index in [0.29, 0.717) is 29.9 Å². The summed E-state index contributed by atoms with van der Waals surface area (Å²) in [6, 6.07) is 4.57. The largest absolute Gasteiger partial charge is 0.454 e. The Morgan fingerprint density at radius 1 is 1.27 bits per heavy atom. The van der Waals surface area contributed by atoms with Crippen LogP contribution < -0.4 is 14.8 Å². The maximum absolute atomic E-state index is 12.8. The van der Waals surface area contributed by atoms with Crippen LogP contribution in [0.3, 0.4) is 0 Å². The lowest BCUT2D eigenvalue weighted by Gasteiger charge is -2.38. The maximum atomic E-state index is 12.8. The fourth-order valence-electron chi connectivity index (χ4n) is 3.49. The van der Waals surface area contributed by atoms with Crippen molar-refractivity contribution in [3.8, 4) is 11.5 Å². The van der Waals surface area contributed by atoms with Crippen molar-refractivity contribution >= 4 is 11.8 Å². The zero-order valence-electron chi connectivity index (χ0n) is 14.6. The van der Waals surface area contributed by atoms with Crippen LogP contribution in [0.15, 0.2) is 30.6 Å². The summed E-state index contributed by atoms with van der Waals surface area (Å²) in [5.74, 6) is 1.78. The van der Waals surface area contributed by atoms with Crippen LogP contribution in [0.5, 0.6) is 11.5 Å². The van der Waals surface area contributed by atoms with Gasteiger partial charge in [0.15, 0.2) is 11.5 Å². The molecule has 0 unspecified atom stereocenters. The second-order valence-electron chi connectivity index (χ2n) is 6.53. The molecule has 1 saturated heterocycles. The van der Waals surface area contributed by atoms with E-state index >= 15 is 0 Å². The molecule has 2 aliphatic rings. The number of hydrogen-bond donors (Lipinski definition) is 1. The van der Waals surface area contributed by atoms with E-state index in [1.807, 2.05) is 17.8 Å². The molecule has 2 atom stereocenters. The van der Waals surface area contributed by atoms with E-state index < -0.39 is 0 Å². The lowest BCUT2D eigenvalue weighted by atomic mass is 9.95. The lowest BCUT2D eigenvalue weighted by molar-refractivity contribution is -0.136. The van der Waals surface area contributed by atoms with Crippen LogP contribution in [0.2, 0.25) is 0 Å². The number of carbonyl (C=O) groups is 2. The third kappa shape index (κ3) is 2.77. The predicted molar refractivity (Wildman–Crippen MR) is 91.8 cm³/mol. The molecule has 1 aromatic carbocycles. The molecule has 0 aliphatic carbocycles. The van der Waals surface area contributed by atoms with E-state index in [2.05, 4.69) is 10.3 Å². The zero-order valence-corrected chi connectivity index (χ0v) is 14.6. The van der Waals surface area contributed by atoms with Gasteiger partial charge < -0.3 is 24.3 Å². The Bertz CT molecular complexity index is 863. The van der Waals surface area contributed by atoms with Crippen molar-refractivity contribution < 1.29 is 19.1 Å². The summed E-state index contributed by atoms with van der Waals surface area (Å²) in [7, 11) is 3.63. The Hall–Kier alpha value is -3.03. The van der Waals surface area contributed by atoms with Crippen molar-refractivity contribution in [2.75, 3.05) is 13.8 Å². The van der Waals surface area contributed by atoms with Crippen LogP contribution in [0.4, 0.5) is 0 Å². The number of likely N-dealkylation sites (tertiary alicyclic amines) is 1. The third-order valence-electron chi connectivity index (χ3n) is 4.94. The minimum absolute atomic E-state index is 0.0478. The Balaban J connectivity index is 1.58. The second-order valence-corrected chi connectivity index (χ2v) is 6.53. The summed E-state index contributed by atoms with van der Waals surface area (Å²) < 4.78 is 12.5. The number of ether oxygens (including phenoxy) is 2. The molecule has 4 rings (SSSR count). The molecule has 2 aliphatic heterocycles. The summed E-state index contributed by atoms with van der Waals surface area (Å²) in [4.78, 5) is 31.0. The summed E-state index contributed by atoms with van der Waals surface area (Å²) >= 11 is 0. The molecular formula is C18H20N4O4. The number of likely N-dealkylation sites (N-methyl/N-ethyl adjacent to an activating group) is 1.